The molecule has 4 heteroatoms. The largest absolute Gasteiger partial charge is 0.361 e. The molecule has 0 radical (unpaired) electrons. The van der Waals surface area contributed by atoms with Crippen molar-refractivity contribution < 1.29 is 9.53 Å². The molecule has 1 amide bonds. The van der Waals surface area contributed by atoms with E-state index in [1.165, 1.54) is 11.8 Å². The van der Waals surface area contributed by atoms with E-state index >= 15 is 0 Å². The molecule has 0 aliphatic rings. The van der Waals surface area contributed by atoms with Gasteiger partial charge in [-0.05, 0) is 19.1 Å². The Balaban J connectivity index is 2.89. The number of hydrogen-bond acceptors (Lipinski definition) is 2. The summed E-state index contributed by atoms with van der Waals surface area (Å²) in [5.41, 5.74) is 0.681. The molecule has 0 fully saturated rings. The highest BCUT2D eigenvalue weighted by molar-refractivity contribution is 6.33. The minimum absolute atomic E-state index is 0.0865. The maximum Gasteiger partial charge on any atom is 0.225 e. The third-order valence-electron chi connectivity index (χ3n) is 1.95. The lowest BCUT2D eigenvalue weighted by atomic mass is 10.3. The van der Waals surface area contributed by atoms with E-state index in [0.717, 1.165) is 0 Å². The van der Waals surface area contributed by atoms with Gasteiger partial charge in [0, 0.05) is 13.5 Å². The number of carbonyl (C=O) groups excluding carboxylic acids is 1. The molecule has 1 aromatic carbocycles. The number of benzene rings is 1. The van der Waals surface area contributed by atoms with E-state index in [1.54, 1.807) is 12.1 Å². The summed E-state index contributed by atoms with van der Waals surface area (Å²) in [5.74, 6) is -0.0865. The van der Waals surface area contributed by atoms with Crippen LogP contribution < -0.4 is 4.90 Å². The topological polar surface area (TPSA) is 29.5 Å². The van der Waals surface area contributed by atoms with Crippen molar-refractivity contribution in [2.24, 2.45) is 0 Å². The van der Waals surface area contributed by atoms with Crippen molar-refractivity contribution >= 4 is 23.2 Å². The van der Waals surface area contributed by atoms with Crippen LogP contribution in [0.25, 0.3) is 0 Å². The first-order valence-electron chi connectivity index (χ1n) is 4.77. The summed E-state index contributed by atoms with van der Waals surface area (Å²) in [6.45, 7) is 4.16. The van der Waals surface area contributed by atoms with Crippen LogP contribution in [0.4, 0.5) is 5.69 Å². The average molecular weight is 228 g/mol. The molecule has 0 aliphatic carbocycles. The SMILES string of the molecule is CCOCN(C(C)=O)c1ccccc1Cl. The van der Waals surface area contributed by atoms with Crippen LogP contribution >= 0.6 is 11.6 Å². The molecule has 0 spiro atoms. The van der Waals surface area contributed by atoms with Crippen LogP contribution in [-0.4, -0.2) is 19.2 Å². The number of halogens is 1. The quantitative estimate of drug-likeness (QED) is 0.741. The van der Waals surface area contributed by atoms with Crippen LogP contribution in [0.5, 0.6) is 0 Å². The van der Waals surface area contributed by atoms with E-state index in [2.05, 4.69) is 0 Å². The molecule has 0 aromatic heterocycles. The highest BCUT2D eigenvalue weighted by atomic mass is 35.5. The van der Waals surface area contributed by atoms with E-state index in [-0.39, 0.29) is 12.6 Å². The Morgan fingerprint density at radius 1 is 1.47 bits per heavy atom. The molecule has 1 aromatic rings. The summed E-state index contributed by atoms with van der Waals surface area (Å²) in [7, 11) is 0. The summed E-state index contributed by atoms with van der Waals surface area (Å²) >= 11 is 5.99. The third kappa shape index (κ3) is 3.22. The van der Waals surface area contributed by atoms with Crippen LogP contribution in [0.2, 0.25) is 5.02 Å². The number of anilines is 1. The molecule has 1 rings (SSSR count). The molecule has 0 aliphatic heterocycles. The number of amides is 1. The zero-order chi connectivity index (χ0) is 11.3. The van der Waals surface area contributed by atoms with Gasteiger partial charge in [0.15, 0.2) is 0 Å². The zero-order valence-electron chi connectivity index (χ0n) is 8.87. The smallest absolute Gasteiger partial charge is 0.225 e. The van der Waals surface area contributed by atoms with E-state index < -0.39 is 0 Å². The summed E-state index contributed by atoms with van der Waals surface area (Å²) < 4.78 is 5.21. The van der Waals surface area contributed by atoms with E-state index in [0.29, 0.717) is 17.3 Å². The van der Waals surface area contributed by atoms with Gasteiger partial charge < -0.3 is 4.74 Å². The summed E-state index contributed by atoms with van der Waals surface area (Å²) in [6.07, 6.45) is 0. The lowest BCUT2D eigenvalue weighted by Gasteiger charge is -2.21. The summed E-state index contributed by atoms with van der Waals surface area (Å²) in [5, 5.41) is 0.549. The number of ether oxygens (including phenoxy) is 1. The molecule has 0 saturated heterocycles. The fourth-order valence-electron chi connectivity index (χ4n) is 1.18. The maximum absolute atomic E-state index is 11.4. The first kappa shape index (κ1) is 12.0. The molecule has 82 valence electrons. The molecule has 0 unspecified atom stereocenters. The average Bonchev–Trinajstić information content (AvgIpc) is 2.20. The van der Waals surface area contributed by atoms with Gasteiger partial charge in [-0.2, -0.15) is 0 Å². The minimum Gasteiger partial charge on any atom is -0.361 e. The van der Waals surface area contributed by atoms with E-state index in [1.807, 2.05) is 19.1 Å². The van der Waals surface area contributed by atoms with Gasteiger partial charge in [0.05, 0.1) is 10.7 Å². The number of nitrogens with zero attached hydrogens (tertiary/aromatic N) is 1. The maximum atomic E-state index is 11.4. The van der Waals surface area contributed by atoms with Crippen molar-refractivity contribution in [3.8, 4) is 0 Å². The molecule has 0 saturated carbocycles. The van der Waals surface area contributed by atoms with Gasteiger partial charge in [0.2, 0.25) is 5.91 Å². The summed E-state index contributed by atoms with van der Waals surface area (Å²) in [6, 6.07) is 7.20. The van der Waals surface area contributed by atoms with E-state index in [9.17, 15) is 4.79 Å². The van der Waals surface area contributed by atoms with Crippen molar-refractivity contribution in [1.29, 1.82) is 0 Å². The zero-order valence-corrected chi connectivity index (χ0v) is 9.62. The molecule has 15 heavy (non-hydrogen) atoms. The van der Waals surface area contributed by atoms with Crippen molar-refractivity contribution in [3.63, 3.8) is 0 Å². The van der Waals surface area contributed by atoms with Gasteiger partial charge >= 0.3 is 0 Å². The second-order valence-corrected chi connectivity index (χ2v) is 3.43. The van der Waals surface area contributed by atoms with E-state index in [4.69, 9.17) is 16.3 Å². The highest BCUT2D eigenvalue weighted by Crippen LogP contribution is 2.25. The van der Waals surface area contributed by atoms with Gasteiger partial charge in [-0.25, -0.2) is 0 Å². The lowest BCUT2D eigenvalue weighted by Crippen LogP contribution is -2.31. The van der Waals surface area contributed by atoms with Crippen molar-refractivity contribution in [2.75, 3.05) is 18.2 Å². The fourth-order valence-corrected chi connectivity index (χ4v) is 1.42. The highest BCUT2D eigenvalue weighted by Gasteiger charge is 2.13. The number of para-hydroxylation sites is 1. The Bertz CT molecular complexity index is 341. The van der Waals surface area contributed by atoms with Crippen molar-refractivity contribution in [3.05, 3.63) is 29.3 Å². The Morgan fingerprint density at radius 2 is 2.13 bits per heavy atom. The Kier molecular flexibility index (Phi) is 4.59. The first-order valence-corrected chi connectivity index (χ1v) is 5.15. The molecule has 0 bridgehead atoms. The van der Waals surface area contributed by atoms with Gasteiger partial charge in [0.25, 0.3) is 0 Å². The van der Waals surface area contributed by atoms with Crippen LogP contribution in [-0.2, 0) is 9.53 Å². The third-order valence-corrected chi connectivity index (χ3v) is 2.27. The monoisotopic (exact) mass is 227 g/mol. The Labute approximate surface area is 94.6 Å². The van der Waals surface area contributed by atoms with Crippen LogP contribution in [0.3, 0.4) is 0 Å². The Hall–Kier alpha value is -1.06. The van der Waals surface area contributed by atoms with Gasteiger partial charge in [0.1, 0.15) is 6.73 Å². The second-order valence-electron chi connectivity index (χ2n) is 3.02. The fraction of sp³-hybridized carbons (Fsp3) is 0.364. The molecule has 3 nitrogen and oxygen atoms in total. The van der Waals surface area contributed by atoms with Gasteiger partial charge in [-0.1, -0.05) is 23.7 Å². The predicted octanol–water partition coefficient (Wildman–Crippen LogP) is 2.69. The normalized spacial score (nSPS) is 10.1. The molecule has 0 heterocycles. The van der Waals surface area contributed by atoms with Crippen molar-refractivity contribution in [2.45, 2.75) is 13.8 Å². The standard InChI is InChI=1S/C11H14ClNO2/c1-3-15-8-13(9(2)14)11-7-5-4-6-10(11)12/h4-7H,3,8H2,1-2H3. The van der Waals surface area contributed by atoms with Crippen LogP contribution in [0, 0.1) is 0 Å². The first-order chi connectivity index (χ1) is 7.16. The number of carbonyl (C=O) groups is 1. The number of hydrogen-bond donors (Lipinski definition) is 0. The minimum atomic E-state index is -0.0865. The molecular weight excluding hydrogens is 214 g/mol. The lowest BCUT2D eigenvalue weighted by molar-refractivity contribution is -0.117. The Morgan fingerprint density at radius 3 is 2.67 bits per heavy atom. The number of rotatable bonds is 4. The van der Waals surface area contributed by atoms with Crippen molar-refractivity contribution in [1.82, 2.24) is 0 Å². The van der Waals surface area contributed by atoms with Crippen LogP contribution in [0.1, 0.15) is 13.8 Å². The van der Waals surface area contributed by atoms with Crippen LogP contribution in [0.15, 0.2) is 24.3 Å². The molecule has 0 N–H and O–H groups in total. The second kappa shape index (κ2) is 5.73. The molecule has 0 atom stereocenters. The van der Waals surface area contributed by atoms with Gasteiger partial charge in [-0.15, -0.1) is 0 Å². The molecular formula is C11H14ClNO2. The van der Waals surface area contributed by atoms with Gasteiger partial charge in [-0.3, -0.25) is 9.69 Å². The summed E-state index contributed by atoms with van der Waals surface area (Å²) in [4.78, 5) is 12.9. The predicted molar refractivity (Wildman–Crippen MR) is 61.1 cm³/mol.